The fourth-order valence-electron chi connectivity index (χ4n) is 4.49. The molecule has 2 N–H and O–H groups in total. The number of nitrogens with one attached hydrogen (secondary N) is 2. The van der Waals surface area contributed by atoms with Gasteiger partial charge in [0.25, 0.3) is 5.91 Å². The number of thioether (sulfide) groups is 1. The van der Waals surface area contributed by atoms with Gasteiger partial charge in [0.15, 0.2) is 0 Å². The van der Waals surface area contributed by atoms with Crippen LogP contribution in [0.5, 0.6) is 0 Å². The van der Waals surface area contributed by atoms with E-state index in [0.29, 0.717) is 22.2 Å². The fourth-order valence-corrected chi connectivity index (χ4v) is 6.70. The Kier molecular flexibility index (Phi) is 8.05. The highest BCUT2D eigenvalue weighted by molar-refractivity contribution is 8.00. The van der Waals surface area contributed by atoms with E-state index in [4.69, 9.17) is 0 Å². The third kappa shape index (κ3) is 6.23. The summed E-state index contributed by atoms with van der Waals surface area (Å²) in [6.45, 7) is 8.57. The first kappa shape index (κ1) is 26.9. The Morgan fingerprint density at radius 3 is 2.62 bits per heavy atom. The first-order valence-corrected chi connectivity index (χ1v) is 13.9. The lowest BCUT2D eigenvalue weighted by Crippen LogP contribution is -2.26. The van der Waals surface area contributed by atoms with Crippen molar-refractivity contribution < 1.29 is 14.0 Å². The number of nitriles is 1. The number of anilines is 2. The van der Waals surface area contributed by atoms with Gasteiger partial charge in [0.1, 0.15) is 16.9 Å². The van der Waals surface area contributed by atoms with Gasteiger partial charge in [-0.15, -0.1) is 23.1 Å². The van der Waals surface area contributed by atoms with Crippen LogP contribution in [0.2, 0.25) is 0 Å². The van der Waals surface area contributed by atoms with Crippen LogP contribution in [0.1, 0.15) is 60.5 Å². The predicted octanol–water partition coefficient (Wildman–Crippen LogP) is 7.28. The Morgan fingerprint density at radius 1 is 1.16 bits per heavy atom. The maximum Gasteiger partial charge on any atom is 0.258 e. The number of carbonyl (C=O) groups excluding carboxylic acids is 2. The van der Waals surface area contributed by atoms with Gasteiger partial charge in [-0.25, -0.2) is 4.39 Å². The molecule has 0 aliphatic heterocycles. The fraction of sp³-hybridized carbons (Fsp3) is 0.345. The van der Waals surface area contributed by atoms with E-state index in [0.717, 1.165) is 29.7 Å². The molecule has 0 spiro atoms. The second kappa shape index (κ2) is 11.1. The van der Waals surface area contributed by atoms with Crippen molar-refractivity contribution in [3.63, 3.8) is 0 Å². The molecule has 8 heteroatoms. The van der Waals surface area contributed by atoms with Crippen LogP contribution >= 0.6 is 23.1 Å². The Morgan fingerprint density at radius 2 is 1.92 bits per heavy atom. The molecule has 2 unspecified atom stereocenters. The zero-order chi connectivity index (χ0) is 26.7. The number of halogens is 1. The van der Waals surface area contributed by atoms with Crippen molar-refractivity contribution in [2.24, 2.45) is 11.3 Å². The molecule has 0 saturated heterocycles. The van der Waals surface area contributed by atoms with Crippen LogP contribution in [0.15, 0.2) is 53.4 Å². The third-order valence-electron chi connectivity index (χ3n) is 6.73. The van der Waals surface area contributed by atoms with Crippen molar-refractivity contribution in [3.8, 4) is 6.07 Å². The van der Waals surface area contributed by atoms with E-state index in [1.165, 1.54) is 46.2 Å². The van der Waals surface area contributed by atoms with Crippen LogP contribution < -0.4 is 10.6 Å². The van der Waals surface area contributed by atoms with Crippen molar-refractivity contribution in [2.45, 2.75) is 57.1 Å². The number of nitrogens with zero attached hydrogens (tertiary/aromatic N) is 1. The summed E-state index contributed by atoms with van der Waals surface area (Å²) in [5.41, 5.74) is 2.36. The first-order valence-electron chi connectivity index (χ1n) is 12.2. The molecule has 0 bridgehead atoms. The second-order valence-electron chi connectivity index (χ2n) is 10.3. The lowest BCUT2D eigenvalue weighted by molar-refractivity contribution is -0.115. The van der Waals surface area contributed by atoms with E-state index in [1.54, 1.807) is 31.2 Å². The van der Waals surface area contributed by atoms with Crippen LogP contribution in [-0.4, -0.2) is 17.1 Å². The molecule has 37 heavy (non-hydrogen) atoms. The molecule has 1 aromatic heterocycles. The SMILES string of the molecule is CC(Sc1cccc(NC(=O)c2ccccc2F)c1)C(=O)Nc1sc2c(c1C#N)CCC(C(C)(C)C)C2. The summed E-state index contributed by atoms with van der Waals surface area (Å²) < 4.78 is 13.9. The number of hydrogen-bond donors (Lipinski definition) is 2. The van der Waals surface area contributed by atoms with Crippen molar-refractivity contribution in [3.05, 3.63) is 75.9 Å². The third-order valence-corrected chi connectivity index (χ3v) is 8.99. The molecular weight excluding hydrogens is 505 g/mol. The molecule has 0 saturated carbocycles. The van der Waals surface area contributed by atoms with Gasteiger partial charge < -0.3 is 10.6 Å². The summed E-state index contributed by atoms with van der Waals surface area (Å²) in [7, 11) is 0. The van der Waals surface area contributed by atoms with E-state index in [-0.39, 0.29) is 16.9 Å². The summed E-state index contributed by atoms with van der Waals surface area (Å²) in [4.78, 5) is 27.5. The van der Waals surface area contributed by atoms with Gasteiger partial charge >= 0.3 is 0 Å². The van der Waals surface area contributed by atoms with Crippen LogP contribution in [0, 0.1) is 28.5 Å². The molecule has 192 valence electrons. The van der Waals surface area contributed by atoms with Crippen molar-refractivity contribution >= 4 is 45.6 Å². The maximum absolute atomic E-state index is 13.9. The highest BCUT2D eigenvalue weighted by Gasteiger charge is 2.32. The van der Waals surface area contributed by atoms with Crippen molar-refractivity contribution in [1.29, 1.82) is 5.26 Å². The van der Waals surface area contributed by atoms with Crippen LogP contribution in [0.25, 0.3) is 0 Å². The molecule has 2 amide bonds. The summed E-state index contributed by atoms with van der Waals surface area (Å²) >= 11 is 2.87. The van der Waals surface area contributed by atoms with Crippen LogP contribution in [0.4, 0.5) is 15.1 Å². The number of amides is 2. The van der Waals surface area contributed by atoms with Crippen LogP contribution in [0.3, 0.4) is 0 Å². The molecular formula is C29H30FN3O2S2. The van der Waals surface area contributed by atoms with Gasteiger partial charge in [0.05, 0.1) is 16.4 Å². The van der Waals surface area contributed by atoms with Gasteiger partial charge in [-0.05, 0) is 73.4 Å². The number of rotatable bonds is 6. The van der Waals surface area contributed by atoms with Gasteiger partial charge in [-0.1, -0.05) is 39.0 Å². The Hall–Kier alpha value is -3.15. The summed E-state index contributed by atoms with van der Waals surface area (Å²) in [5.74, 6) is -0.759. The highest BCUT2D eigenvalue weighted by atomic mass is 32.2. The first-order chi connectivity index (χ1) is 17.6. The second-order valence-corrected chi connectivity index (χ2v) is 12.9. The molecule has 1 aliphatic carbocycles. The van der Waals surface area contributed by atoms with E-state index in [1.807, 2.05) is 6.07 Å². The number of carbonyl (C=O) groups is 2. The summed E-state index contributed by atoms with van der Waals surface area (Å²) in [6.07, 6.45) is 2.84. The van der Waals surface area contributed by atoms with Crippen molar-refractivity contribution in [1.82, 2.24) is 0 Å². The summed E-state index contributed by atoms with van der Waals surface area (Å²) in [5, 5.41) is 15.7. The molecule has 4 rings (SSSR count). The predicted molar refractivity (Wildman–Crippen MR) is 149 cm³/mol. The standard InChI is InChI=1S/C29H30FN3O2S2/c1-17(36-20-9-7-8-19(15-20)32-27(35)22-10-5-6-11-24(22)30)26(34)33-28-23(16-31)21-13-12-18(29(2,3)4)14-25(21)37-28/h5-11,15,17-18H,12-14H2,1-4H3,(H,32,35)(H,33,34). The molecule has 0 radical (unpaired) electrons. The van der Waals surface area contributed by atoms with E-state index >= 15 is 0 Å². The maximum atomic E-state index is 13.9. The molecule has 0 fully saturated rings. The average Bonchev–Trinajstić information content (AvgIpc) is 3.20. The Bertz CT molecular complexity index is 1370. The van der Waals surface area contributed by atoms with Gasteiger partial charge in [-0.2, -0.15) is 5.26 Å². The smallest absolute Gasteiger partial charge is 0.258 e. The normalized spacial score (nSPS) is 15.8. The molecule has 1 heterocycles. The monoisotopic (exact) mass is 535 g/mol. The van der Waals surface area contributed by atoms with Crippen molar-refractivity contribution in [2.75, 3.05) is 10.6 Å². The lowest BCUT2D eigenvalue weighted by atomic mass is 9.72. The van der Waals surface area contributed by atoms with Gasteiger partial charge in [0, 0.05) is 15.5 Å². The largest absolute Gasteiger partial charge is 0.322 e. The molecule has 1 aliphatic rings. The number of fused-ring (bicyclic) bond motifs is 1. The minimum Gasteiger partial charge on any atom is -0.322 e. The van der Waals surface area contributed by atoms with E-state index < -0.39 is 17.0 Å². The topological polar surface area (TPSA) is 82.0 Å². The Labute approximate surface area is 225 Å². The zero-order valence-electron chi connectivity index (χ0n) is 21.4. The van der Waals surface area contributed by atoms with Crippen LogP contribution in [-0.2, 0) is 17.6 Å². The highest BCUT2D eigenvalue weighted by Crippen LogP contribution is 2.44. The minimum absolute atomic E-state index is 0.0333. The summed E-state index contributed by atoms with van der Waals surface area (Å²) in [6, 6.07) is 15.2. The quantitative estimate of drug-likeness (QED) is 0.325. The lowest BCUT2D eigenvalue weighted by Gasteiger charge is -2.33. The molecule has 3 aromatic rings. The molecule has 2 aromatic carbocycles. The average molecular weight is 536 g/mol. The molecule has 2 atom stereocenters. The number of thiophene rings is 1. The van der Waals surface area contributed by atoms with E-state index in [2.05, 4.69) is 37.5 Å². The Balaban J connectivity index is 1.42. The molecule has 5 nitrogen and oxygen atoms in total. The zero-order valence-corrected chi connectivity index (χ0v) is 23.0. The van der Waals surface area contributed by atoms with Gasteiger partial charge in [0.2, 0.25) is 5.91 Å². The minimum atomic E-state index is -0.586. The van der Waals surface area contributed by atoms with E-state index in [9.17, 15) is 19.2 Å². The number of hydrogen-bond acceptors (Lipinski definition) is 5. The van der Waals surface area contributed by atoms with Gasteiger partial charge in [-0.3, -0.25) is 9.59 Å². The number of benzene rings is 2.